The molecule has 2 rings (SSSR count). The van der Waals surface area contributed by atoms with E-state index in [1.807, 2.05) is 18.2 Å². The van der Waals surface area contributed by atoms with Crippen LogP contribution >= 0.6 is 0 Å². The molecule has 2 aromatic rings. The van der Waals surface area contributed by atoms with E-state index in [-0.39, 0.29) is 0 Å². The molecule has 2 heteroatoms. The molecule has 17 heavy (non-hydrogen) atoms. The second-order valence-electron chi connectivity index (χ2n) is 5.32. The topological polar surface area (TPSA) is 12.0 Å². The number of hydrogen-bond acceptors (Lipinski definition) is 1. The van der Waals surface area contributed by atoms with Gasteiger partial charge < -0.3 is 5.32 Å². The third-order valence-electron chi connectivity index (χ3n) is 2.81. The minimum atomic E-state index is -1.18. The molecule has 0 saturated heterocycles. The first-order chi connectivity index (χ1) is 8.05. The summed E-state index contributed by atoms with van der Waals surface area (Å²) in [7, 11) is -1.18. The van der Waals surface area contributed by atoms with Gasteiger partial charge in [-0.1, -0.05) is 55.2 Å². The summed E-state index contributed by atoms with van der Waals surface area (Å²) in [5.74, 6) is 0. The van der Waals surface area contributed by atoms with Gasteiger partial charge in [0.2, 0.25) is 0 Å². The Morgan fingerprint density at radius 2 is 1.24 bits per heavy atom. The minimum absolute atomic E-state index is 1.13. The van der Waals surface area contributed by atoms with Gasteiger partial charge >= 0.3 is 0 Å². The minimum Gasteiger partial charge on any atom is -0.356 e. The number of anilines is 2. The molecule has 1 nitrogen and oxygen atoms in total. The Morgan fingerprint density at radius 1 is 0.706 bits per heavy atom. The second kappa shape index (κ2) is 4.76. The van der Waals surface area contributed by atoms with Gasteiger partial charge in [0, 0.05) is 11.4 Å². The average Bonchev–Trinajstić information content (AvgIpc) is 2.30. The maximum Gasteiger partial charge on any atom is 0.0775 e. The Morgan fingerprint density at radius 3 is 1.76 bits per heavy atom. The van der Waals surface area contributed by atoms with E-state index in [1.165, 1.54) is 5.19 Å². The van der Waals surface area contributed by atoms with E-state index in [0.717, 1.165) is 11.4 Å². The van der Waals surface area contributed by atoms with Crippen LogP contribution in [0.25, 0.3) is 0 Å². The zero-order chi connectivity index (χ0) is 12.3. The molecule has 0 aliphatic rings. The maximum absolute atomic E-state index is 3.40. The first-order valence-electron chi connectivity index (χ1n) is 5.98. The summed E-state index contributed by atoms with van der Waals surface area (Å²) in [6.07, 6.45) is 0. The van der Waals surface area contributed by atoms with E-state index in [0.29, 0.717) is 0 Å². The number of benzene rings is 2. The van der Waals surface area contributed by atoms with E-state index >= 15 is 0 Å². The molecule has 1 N–H and O–H groups in total. The van der Waals surface area contributed by atoms with Gasteiger partial charge in [-0.3, -0.25) is 0 Å². The van der Waals surface area contributed by atoms with E-state index in [2.05, 4.69) is 61.4 Å². The fourth-order valence-electron chi connectivity index (χ4n) is 1.74. The van der Waals surface area contributed by atoms with Gasteiger partial charge in [-0.2, -0.15) is 0 Å². The third kappa shape index (κ3) is 3.20. The Kier molecular flexibility index (Phi) is 3.34. The Labute approximate surface area is 105 Å². The summed E-state index contributed by atoms with van der Waals surface area (Å²) >= 11 is 0. The highest BCUT2D eigenvalue weighted by Crippen LogP contribution is 2.15. The SMILES string of the molecule is C[Si](C)(C)c1ccc(Nc2ccccc2)cc1. The standard InChI is InChI=1S/C15H19NSi/c1-17(2,3)15-11-9-14(10-12-15)16-13-7-5-4-6-8-13/h4-12,16H,1-3H3. The molecule has 0 spiro atoms. The van der Waals surface area contributed by atoms with E-state index < -0.39 is 8.07 Å². The predicted molar refractivity (Wildman–Crippen MR) is 79.1 cm³/mol. The van der Waals surface area contributed by atoms with Crippen molar-refractivity contribution in [2.24, 2.45) is 0 Å². The summed E-state index contributed by atoms with van der Waals surface area (Å²) in [5.41, 5.74) is 2.28. The van der Waals surface area contributed by atoms with Crippen molar-refractivity contribution < 1.29 is 0 Å². The Balaban J connectivity index is 2.14. The molecular formula is C15H19NSi. The van der Waals surface area contributed by atoms with Crippen molar-refractivity contribution in [2.45, 2.75) is 19.6 Å². The van der Waals surface area contributed by atoms with Crippen molar-refractivity contribution in [3.63, 3.8) is 0 Å². The van der Waals surface area contributed by atoms with E-state index in [4.69, 9.17) is 0 Å². The van der Waals surface area contributed by atoms with Crippen LogP contribution in [0.1, 0.15) is 0 Å². The van der Waals surface area contributed by atoms with Crippen molar-refractivity contribution in [1.82, 2.24) is 0 Å². The predicted octanol–water partition coefficient (Wildman–Crippen LogP) is 3.98. The van der Waals surface area contributed by atoms with Crippen molar-refractivity contribution in [3.05, 3.63) is 54.6 Å². The van der Waals surface area contributed by atoms with Crippen LogP contribution < -0.4 is 10.5 Å². The van der Waals surface area contributed by atoms with Crippen LogP contribution in [-0.2, 0) is 0 Å². The highest BCUT2D eigenvalue weighted by Gasteiger charge is 2.15. The molecule has 0 aliphatic carbocycles. The van der Waals surface area contributed by atoms with Gasteiger partial charge in [-0.25, -0.2) is 0 Å². The summed E-state index contributed by atoms with van der Waals surface area (Å²) in [6, 6.07) is 19.1. The first-order valence-corrected chi connectivity index (χ1v) is 9.48. The van der Waals surface area contributed by atoms with Gasteiger partial charge in [0.1, 0.15) is 0 Å². The summed E-state index contributed by atoms with van der Waals surface area (Å²) < 4.78 is 0. The molecule has 2 aromatic carbocycles. The molecule has 0 aromatic heterocycles. The molecule has 0 saturated carbocycles. The quantitative estimate of drug-likeness (QED) is 0.802. The maximum atomic E-state index is 3.40. The van der Waals surface area contributed by atoms with Crippen molar-refractivity contribution in [1.29, 1.82) is 0 Å². The lowest BCUT2D eigenvalue weighted by molar-refractivity contribution is 1.55. The van der Waals surface area contributed by atoms with Crippen LogP contribution in [0.2, 0.25) is 19.6 Å². The highest BCUT2D eigenvalue weighted by molar-refractivity contribution is 6.88. The smallest absolute Gasteiger partial charge is 0.0775 e. The van der Waals surface area contributed by atoms with Crippen molar-refractivity contribution in [2.75, 3.05) is 5.32 Å². The lowest BCUT2D eigenvalue weighted by Crippen LogP contribution is -2.37. The fourth-order valence-corrected chi connectivity index (χ4v) is 2.91. The third-order valence-corrected chi connectivity index (χ3v) is 4.88. The van der Waals surface area contributed by atoms with E-state index in [1.54, 1.807) is 0 Å². The molecule has 0 amide bonds. The molecule has 0 bridgehead atoms. The largest absolute Gasteiger partial charge is 0.356 e. The number of hydrogen-bond donors (Lipinski definition) is 1. The Bertz CT molecular complexity index is 469. The van der Waals surface area contributed by atoms with Crippen LogP contribution in [0.4, 0.5) is 11.4 Å². The van der Waals surface area contributed by atoms with Gasteiger partial charge in [-0.15, -0.1) is 0 Å². The molecule has 0 atom stereocenters. The summed E-state index contributed by atoms with van der Waals surface area (Å²) in [6.45, 7) is 7.10. The first kappa shape index (κ1) is 11.9. The molecule has 0 fully saturated rings. The van der Waals surface area contributed by atoms with Crippen LogP contribution in [-0.4, -0.2) is 8.07 Å². The zero-order valence-corrected chi connectivity index (χ0v) is 11.7. The van der Waals surface area contributed by atoms with Gasteiger partial charge in [-0.05, 0) is 24.3 Å². The number of rotatable bonds is 3. The highest BCUT2D eigenvalue weighted by atomic mass is 28.3. The molecular weight excluding hydrogens is 222 g/mol. The second-order valence-corrected chi connectivity index (χ2v) is 10.4. The summed E-state index contributed by atoms with van der Waals surface area (Å²) in [4.78, 5) is 0. The van der Waals surface area contributed by atoms with Crippen molar-refractivity contribution >= 4 is 24.6 Å². The number of nitrogens with one attached hydrogen (secondary N) is 1. The van der Waals surface area contributed by atoms with Crippen LogP contribution in [0.15, 0.2) is 54.6 Å². The number of para-hydroxylation sites is 1. The average molecular weight is 241 g/mol. The van der Waals surface area contributed by atoms with Crippen LogP contribution in [0, 0.1) is 0 Å². The zero-order valence-electron chi connectivity index (χ0n) is 10.7. The summed E-state index contributed by atoms with van der Waals surface area (Å²) in [5, 5.41) is 4.89. The molecule has 0 heterocycles. The van der Waals surface area contributed by atoms with E-state index in [9.17, 15) is 0 Å². The van der Waals surface area contributed by atoms with Crippen LogP contribution in [0.3, 0.4) is 0 Å². The fraction of sp³-hybridized carbons (Fsp3) is 0.200. The monoisotopic (exact) mass is 241 g/mol. The van der Waals surface area contributed by atoms with Gasteiger partial charge in [0.15, 0.2) is 0 Å². The van der Waals surface area contributed by atoms with Crippen LogP contribution in [0.5, 0.6) is 0 Å². The lowest BCUT2D eigenvalue weighted by Gasteiger charge is -2.17. The normalized spacial score (nSPS) is 11.2. The van der Waals surface area contributed by atoms with Gasteiger partial charge in [0.05, 0.1) is 8.07 Å². The molecule has 0 radical (unpaired) electrons. The van der Waals surface area contributed by atoms with Crippen molar-refractivity contribution in [3.8, 4) is 0 Å². The molecule has 88 valence electrons. The lowest BCUT2D eigenvalue weighted by atomic mass is 10.3. The molecule has 0 unspecified atom stereocenters. The van der Waals surface area contributed by atoms with Gasteiger partial charge in [0.25, 0.3) is 0 Å². The molecule has 0 aliphatic heterocycles. The Hall–Kier alpha value is -1.54.